The Morgan fingerprint density at radius 1 is 0.455 bits per heavy atom. The molecule has 2 aliphatic rings. The number of carbonyl (C=O) groups excluding carboxylic acids is 1. The molecule has 2 rings (SSSR count). The minimum atomic E-state index is -1.08. The molecule has 33 heavy (non-hydrogen) atoms. The monoisotopic (exact) mass is 559 g/mol. The Bertz CT molecular complexity index is 314. The molecule has 11 nitrogen and oxygen atoms in total. The van der Waals surface area contributed by atoms with Crippen molar-refractivity contribution in [2.75, 3.05) is 121 Å². The van der Waals surface area contributed by atoms with Crippen LogP contribution in [0.25, 0.3) is 0 Å². The molecule has 0 aromatic rings. The van der Waals surface area contributed by atoms with Crippen molar-refractivity contribution in [2.45, 2.75) is 6.92 Å². The van der Waals surface area contributed by atoms with Gasteiger partial charge in [0.25, 0.3) is 0 Å². The fourth-order valence-corrected chi connectivity index (χ4v) is 2.72. The van der Waals surface area contributed by atoms with Crippen LogP contribution in [0.15, 0.2) is 0 Å². The maximum absolute atomic E-state index is 8.89. The Morgan fingerprint density at radius 2 is 0.515 bits per heavy atom. The summed E-state index contributed by atoms with van der Waals surface area (Å²) in [6.07, 6.45) is 0. The van der Waals surface area contributed by atoms with E-state index in [4.69, 9.17) is 9.90 Å². The fourth-order valence-electron chi connectivity index (χ4n) is 2.72. The van der Waals surface area contributed by atoms with Crippen molar-refractivity contribution in [2.24, 2.45) is 0 Å². The van der Waals surface area contributed by atoms with Crippen LogP contribution in [0.2, 0.25) is 0 Å². The molecular weight excluding hydrogens is 514 g/mol. The minimum absolute atomic E-state index is 0. The van der Waals surface area contributed by atoms with E-state index in [0.717, 1.165) is 6.92 Å². The first-order chi connectivity index (χ1) is 13.1. The van der Waals surface area contributed by atoms with E-state index in [-0.39, 0.29) is 50.6 Å². The molecule has 2 radical (unpaired) electrons. The maximum atomic E-state index is 8.89. The van der Waals surface area contributed by atoms with Crippen molar-refractivity contribution in [1.29, 1.82) is 0 Å². The van der Waals surface area contributed by atoms with Crippen LogP contribution in [0, 0.1) is 0 Å². The molecule has 2 saturated heterocycles. The molecular formula is C20H45Mn2N6O5-7. The van der Waals surface area contributed by atoms with Gasteiger partial charge in [0.15, 0.2) is 0 Å². The van der Waals surface area contributed by atoms with Gasteiger partial charge in [-0.25, -0.2) is 0 Å². The number of rotatable bonds is 0. The molecule has 0 unspecified atom stereocenters. The summed E-state index contributed by atoms with van der Waals surface area (Å²) in [7, 11) is 13.2. The third kappa shape index (κ3) is 32.1. The third-order valence-corrected chi connectivity index (χ3v) is 5.18. The van der Waals surface area contributed by atoms with E-state index in [9.17, 15) is 0 Å². The Morgan fingerprint density at radius 3 is 0.576 bits per heavy atom. The van der Waals surface area contributed by atoms with Crippen LogP contribution in [-0.4, -0.2) is 156 Å². The summed E-state index contributed by atoms with van der Waals surface area (Å²) in [5.74, 6) is -1.08. The SMILES string of the molecule is CC(=O)[O-].CN1CCN(C)CCN(C)CC1.CN1CCN(C)CCN(C)CC1.[Mn].[Mn].[O-2].[O-2].[O-2]. The number of carboxylic acid groups (broad SMARTS) is 1. The largest absolute Gasteiger partial charge is 2.00 e. The Balaban J connectivity index is -0.0000000841. The summed E-state index contributed by atoms with van der Waals surface area (Å²) < 4.78 is 0. The number of hydrogen-bond acceptors (Lipinski definition) is 8. The second-order valence-corrected chi connectivity index (χ2v) is 8.31. The van der Waals surface area contributed by atoms with Gasteiger partial charge in [0.1, 0.15) is 0 Å². The van der Waals surface area contributed by atoms with Gasteiger partial charge in [-0.15, -0.1) is 0 Å². The first-order valence-electron chi connectivity index (χ1n) is 10.4. The topological polar surface area (TPSA) is 145 Å². The van der Waals surface area contributed by atoms with Crippen LogP contribution in [0.4, 0.5) is 0 Å². The van der Waals surface area contributed by atoms with Crippen LogP contribution in [-0.2, 0) is 55.4 Å². The molecule has 0 bridgehead atoms. The van der Waals surface area contributed by atoms with Crippen LogP contribution >= 0.6 is 0 Å². The van der Waals surface area contributed by atoms with E-state index in [1.807, 2.05) is 0 Å². The first kappa shape index (κ1) is 46.5. The summed E-state index contributed by atoms with van der Waals surface area (Å²) in [6, 6.07) is 0. The van der Waals surface area contributed by atoms with Crippen molar-refractivity contribution < 1.29 is 60.5 Å². The number of carboxylic acids is 1. The normalized spacial score (nSPS) is 19.8. The first-order valence-corrected chi connectivity index (χ1v) is 10.4. The predicted octanol–water partition coefficient (Wildman–Crippen LogP) is -2.01. The second-order valence-electron chi connectivity index (χ2n) is 8.31. The van der Waals surface area contributed by atoms with Crippen molar-refractivity contribution in [3.05, 3.63) is 0 Å². The Hall–Kier alpha value is 0.149. The van der Waals surface area contributed by atoms with Gasteiger partial charge in [0, 0.05) is 119 Å². The smallest absolute Gasteiger partial charge is 0.0383 e. The van der Waals surface area contributed by atoms with Gasteiger partial charge in [-0.2, -0.15) is 0 Å². The quantitative estimate of drug-likeness (QED) is 0.310. The van der Waals surface area contributed by atoms with Crippen LogP contribution in [0.5, 0.6) is 0 Å². The van der Waals surface area contributed by atoms with Gasteiger partial charge in [-0.05, 0) is 49.2 Å². The average molecular weight is 559 g/mol. The zero-order chi connectivity index (χ0) is 21.5. The van der Waals surface area contributed by atoms with E-state index >= 15 is 0 Å². The van der Waals surface area contributed by atoms with Crippen molar-refractivity contribution in [3.63, 3.8) is 0 Å². The fraction of sp³-hybridized carbons (Fsp3) is 0.950. The van der Waals surface area contributed by atoms with Crippen LogP contribution in [0.3, 0.4) is 0 Å². The number of nitrogens with zero attached hydrogens (tertiary/aromatic N) is 6. The maximum Gasteiger partial charge on any atom is 0.0383 e. The number of likely N-dealkylation sites (N-methyl/N-ethyl adjacent to an activating group) is 6. The predicted molar refractivity (Wildman–Crippen MR) is 118 cm³/mol. The molecule has 0 N–H and O–H groups in total. The van der Waals surface area contributed by atoms with Gasteiger partial charge in [0.05, 0.1) is 0 Å². The third-order valence-electron chi connectivity index (χ3n) is 5.18. The molecule has 2 aliphatic heterocycles. The summed E-state index contributed by atoms with van der Waals surface area (Å²) in [5.41, 5.74) is 0. The molecule has 0 atom stereocenters. The summed E-state index contributed by atoms with van der Waals surface area (Å²) in [5, 5.41) is 8.89. The van der Waals surface area contributed by atoms with E-state index in [1.165, 1.54) is 78.5 Å². The molecule has 13 heteroatoms. The number of carbonyl (C=O) groups is 1. The van der Waals surface area contributed by atoms with Gasteiger partial charge in [0.2, 0.25) is 0 Å². The van der Waals surface area contributed by atoms with Crippen molar-refractivity contribution in [1.82, 2.24) is 29.4 Å². The molecule has 0 aromatic heterocycles. The van der Waals surface area contributed by atoms with Gasteiger partial charge < -0.3 is 55.7 Å². The van der Waals surface area contributed by atoms with Gasteiger partial charge >= 0.3 is 0 Å². The van der Waals surface area contributed by atoms with Gasteiger partial charge in [-0.1, -0.05) is 0 Å². The van der Waals surface area contributed by atoms with E-state index in [1.54, 1.807) is 0 Å². The molecule has 2 heterocycles. The summed E-state index contributed by atoms with van der Waals surface area (Å²) >= 11 is 0. The zero-order valence-electron chi connectivity index (χ0n) is 21.5. The van der Waals surface area contributed by atoms with Gasteiger partial charge in [-0.3, -0.25) is 0 Å². The molecule has 206 valence electrons. The molecule has 0 aliphatic carbocycles. The van der Waals surface area contributed by atoms with Crippen molar-refractivity contribution >= 4 is 5.97 Å². The second kappa shape index (κ2) is 28.4. The molecule has 0 amide bonds. The van der Waals surface area contributed by atoms with Crippen molar-refractivity contribution in [3.8, 4) is 0 Å². The van der Waals surface area contributed by atoms with Crippen LogP contribution in [0.1, 0.15) is 6.92 Å². The Labute approximate surface area is 223 Å². The van der Waals surface area contributed by atoms with E-state index in [0.29, 0.717) is 0 Å². The van der Waals surface area contributed by atoms with E-state index < -0.39 is 5.97 Å². The number of hydrogen-bond donors (Lipinski definition) is 0. The van der Waals surface area contributed by atoms with Crippen LogP contribution < -0.4 is 5.11 Å². The van der Waals surface area contributed by atoms with E-state index in [2.05, 4.69) is 71.7 Å². The zero-order valence-corrected chi connectivity index (χ0v) is 23.8. The molecule has 2 fully saturated rings. The Kier molecular flexibility index (Phi) is 40.0. The standard InChI is InChI=1S/2C9H21N3.C2H4O2.2Mn.3O/c2*1-10-4-6-11(2)8-9-12(3)7-5-10;1-2(3)4;;;;;/h2*4-9H2,1-3H3;1H3,(H,3,4);;;;;/q;;;;;3*-2/p-1. The average Bonchev–Trinajstić information content (AvgIpc) is 2.74. The summed E-state index contributed by atoms with van der Waals surface area (Å²) in [6.45, 7) is 15.4. The minimum Gasteiger partial charge on any atom is -2.00 e. The summed E-state index contributed by atoms with van der Waals surface area (Å²) in [4.78, 5) is 23.3. The number of aliphatic carboxylic acids is 1. The molecule has 0 spiro atoms. The molecule has 0 aromatic carbocycles. The molecule has 0 saturated carbocycles.